The largest absolute Gasteiger partial charge is 0.312 e. The Labute approximate surface area is 109 Å². The van der Waals surface area contributed by atoms with Crippen molar-refractivity contribution in [3.8, 4) is 0 Å². The van der Waals surface area contributed by atoms with E-state index in [0.717, 1.165) is 17.9 Å². The van der Waals surface area contributed by atoms with Gasteiger partial charge in [-0.1, -0.05) is 34.8 Å². The van der Waals surface area contributed by atoms with Crippen molar-refractivity contribution in [3.05, 3.63) is 32.8 Å². The van der Waals surface area contributed by atoms with Crippen LogP contribution < -0.4 is 5.32 Å². The SMILES string of the molecule is CSCCNCc1c(Cl)ccc(Cl)c1Cl. The summed E-state index contributed by atoms with van der Waals surface area (Å²) in [6.45, 7) is 1.58. The average molecular weight is 285 g/mol. The van der Waals surface area contributed by atoms with Gasteiger partial charge in [-0.05, 0) is 18.4 Å². The number of nitrogens with one attached hydrogen (secondary N) is 1. The molecule has 1 nitrogen and oxygen atoms in total. The number of halogens is 3. The molecule has 0 amide bonds. The van der Waals surface area contributed by atoms with Crippen molar-refractivity contribution in [1.82, 2.24) is 5.32 Å². The molecular weight excluding hydrogens is 273 g/mol. The van der Waals surface area contributed by atoms with Gasteiger partial charge in [-0.3, -0.25) is 0 Å². The summed E-state index contributed by atoms with van der Waals surface area (Å²) in [5.41, 5.74) is 0.868. The fourth-order valence-electron chi connectivity index (χ4n) is 1.12. The quantitative estimate of drug-likeness (QED) is 0.645. The highest BCUT2D eigenvalue weighted by Gasteiger charge is 2.08. The topological polar surface area (TPSA) is 12.0 Å². The molecule has 0 aliphatic rings. The van der Waals surface area contributed by atoms with E-state index in [1.807, 2.05) is 0 Å². The van der Waals surface area contributed by atoms with E-state index in [2.05, 4.69) is 11.6 Å². The molecule has 0 saturated carbocycles. The van der Waals surface area contributed by atoms with Crippen LogP contribution in [0.1, 0.15) is 5.56 Å². The molecule has 84 valence electrons. The molecular formula is C10H12Cl3NS. The second-order valence-corrected chi connectivity index (χ2v) is 5.17. The van der Waals surface area contributed by atoms with Crippen molar-refractivity contribution in [3.63, 3.8) is 0 Å². The predicted molar refractivity (Wildman–Crippen MR) is 71.6 cm³/mol. The standard InChI is InChI=1S/C10H12Cl3NS/c1-15-5-4-14-6-7-8(11)2-3-9(12)10(7)13/h2-3,14H,4-6H2,1H3. The number of benzene rings is 1. The first-order chi connectivity index (χ1) is 7.16. The predicted octanol–water partition coefficient (Wildman–Crippen LogP) is 4.10. The molecule has 0 unspecified atom stereocenters. The average Bonchev–Trinajstić information content (AvgIpc) is 2.23. The third-order valence-electron chi connectivity index (χ3n) is 1.92. The Morgan fingerprint density at radius 3 is 2.53 bits per heavy atom. The van der Waals surface area contributed by atoms with Gasteiger partial charge < -0.3 is 5.32 Å². The maximum Gasteiger partial charge on any atom is 0.0652 e. The van der Waals surface area contributed by atoms with Gasteiger partial charge in [0.15, 0.2) is 0 Å². The van der Waals surface area contributed by atoms with Crippen LogP contribution in [0, 0.1) is 0 Å². The lowest BCUT2D eigenvalue weighted by Gasteiger charge is -2.09. The summed E-state index contributed by atoms with van der Waals surface area (Å²) in [5.74, 6) is 1.07. The summed E-state index contributed by atoms with van der Waals surface area (Å²) >= 11 is 19.8. The van der Waals surface area contributed by atoms with Crippen LogP contribution in [0.25, 0.3) is 0 Å². The van der Waals surface area contributed by atoms with Crippen molar-refractivity contribution in [2.75, 3.05) is 18.6 Å². The molecule has 0 spiro atoms. The molecule has 0 aliphatic carbocycles. The summed E-state index contributed by atoms with van der Waals surface area (Å²) in [6, 6.07) is 3.47. The van der Waals surface area contributed by atoms with Crippen LogP contribution in [-0.4, -0.2) is 18.6 Å². The summed E-state index contributed by atoms with van der Waals surface area (Å²) in [4.78, 5) is 0. The second kappa shape index (κ2) is 6.87. The zero-order chi connectivity index (χ0) is 11.3. The Morgan fingerprint density at radius 1 is 1.20 bits per heavy atom. The lowest BCUT2D eigenvalue weighted by molar-refractivity contribution is 0.732. The minimum Gasteiger partial charge on any atom is -0.312 e. The maximum absolute atomic E-state index is 6.05. The first-order valence-electron chi connectivity index (χ1n) is 4.49. The van der Waals surface area contributed by atoms with Crippen LogP contribution in [0.5, 0.6) is 0 Å². The van der Waals surface area contributed by atoms with E-state index in [4.69, 9.17) is 34.8 Å². The molecule has 0 saturated heterocycles. The smallest absolute Gasteiger partial charge is 0.0652 e. The van der Waals surface area contributed by atoms with E-state index in [1.54, 1.807) is 23.9 Å². The van der Waals surface area contributed by atoms with Gasteiger partial charge in [0.1, 0.15) is 0 Å². The molecule has 1 rings (SSSR count). The van der Waals surface area contributed by atoms with E-state index in [0.29, 0.717) is 21.6 Å². The molecule has 0 atom stereocenters. The molecule has 0 aromatic heterocycles. The van der Waals surface area contributed by atoms with Gasteiger partial charge in [-0.15, -0.1) is 0 Å². The number of hydrogen-bond acceptors (Lipinski definition) is 2. The number of hydrogen-bond donors (Lipinski definition) is 1. The fourth-order valence-corrected chi connectivity index (χ4v) is 2.15. The summed E-state index contributed by atoms with van der Waals surface area (Å²) in [6.07, 6.45) is 2.07. The monoisotopic (exact) mass is 283 g/mol. The van der Waals surface area contributed by atoms with Crippen LogP contribution in [0.15, 0.2) is 12.1 Å². The van der Waals surface area contributed by atoms with Gasteiger partial charge in [0.2, 0.25) is 0 Å². The molecule has 0 heterocycles. The highest BCUT2D eigenvalue weighted by Crippen LogP contribution is 2.31. The van der Waals surface area contributed by atoms with Gasteiger partial charge in [0.25, 0.3) is 0 Å². The summed E-state index contributed by atoms with van der Waals surface area (Å²) in [5, 5.41) is 5.00. The first kappa shape index (κ1) is 13.5. The zero-order valence-electron chi connectivity index (χ0n) is 8.32. The highest BCUT2D eigenvalue weighted by molar-refractivity contribution is 7.98. The fraction of sp³-hybridized carbons (Fsp3) is 0.400. The van der Waals surface area contributed by atoms with Gasteiger partial charge in [-0.2, -0.15) is 11.8 Å². The van der Waals surface area contributed by atoms with Crippen molar-refractivity contribution in [2.24, 2.45) is 0 Å². The Morgan fingerprint density at radius 2 is 1.87 bits per heavy atom. The number of rotatable bonds is 5. The first-order valence-corrected chi connectivity index (χ1v) is 7.01. The van der Waals surface area contributed by atoms with Crippen molar-refractivity contribution in [1.29, 1.82) is 0 Å². The molecule has 0 bridgehead atoms. The van der Waals surface area contributed by atoms with Crippen molar-refractivity contribution < 1.29 is 0 Å². The van der Waals surface area contributed by atoms with Gasteiger partial charge in [0, 0.05) is 29.4 Å². The molecule has 1 aromatic rings. The van der Waals surface area contributed by atoms with Crippen LogP contribution in [0.3, 0.4) is 0 Å². The lowest BCUT2D eigenvalue weighted by atomic mass is 10.2. The third-order valence-corrected chi connectivity index (χ3v) is 3.73. The molecule has 0 radical (unpaired) electrons. The lowest BCUT2D eigenvalue weighted by Crippen LogP contribution is -2.17. The van der Waals surface area contributed by atoms with Gasteiger partial charge >= 0.3 is 0 Å². The number of thioether (sulfide) groups is 1. The molecule has 15 heavy (non-hydrogen) atoms. The Kier molecular flexibility index (Phi) is 6.17. The zero-order valence-corrected chi connectivity index (χ0v) is 11.4. The summed E-state index contributed by atoms with van der Waals surface area (Å²) in [7, 11) is 0. The van der Waals surface area contributed by atoms with Crippen LogP contribution in [0.4, 0.5) is 0 Å². The van der Waals surface area contributed by atoms with E-state index in [-0.39, 0.29) is 0 Å². The van der Waals surface area contributed by atoms with E-state index < -0.39 is 0 Å². The van der Waals surface area contributed by atoms with Crippen LogP contribution in [0.2, 0.25) is 15.1 Å². The minimum atomic E-state index is 0.542. The Balaban J connectivity index is 2.63. The van der Waals surface area contributed by atoms with E-state index in [1.165, 1.54) is 0 Å². The molecule has 0 fully saturated rings. The van der Waals surface area contributed by atoms with E-state index in [9.17, 15) is 0 Å². The maximum atomic E-state index is 6.05. The molecule has 1 N–H and O–H groups in total. The van der Waals surface area contributed by atoms with E-state index >= 15 is 0 Å². The third kappa shape index (κ3) is 4.04. The van der Waals surface area contributed by atoms with Gasteiger partial charge in [-0.25, -0.2) is 0 Å². The van der Waals surface area contributed by atoms with Crippen molar-refractivity contribution in [2.45, 2.75) is 6.54 Å². The Hall–Kier alpha value is 0.400. The van der Waals surface area contributed by atoms with Crippen LogP contribution in [-0.2, 0) is 6.54 Å². The minimum absolute atomic E-state index is 0.542. The molecule has 0 aliphatic heterocycles. The Bertz CT molecular complexity index is 331. The van der Waals surface area contributed by atoms with Crippen molar-refractivity contribution >= 4 is 46.6 Å². The molecule has 5 heteroatoms. The normalized spacial score (nSPS) is 10.7. The van der Waals surface area contributed by atoms with Gasteiger partial charge in [0.05, 0.1) is 10.0 Å². The second-order valence-electron chi connectivity index (χ2n) is 2.99. The summed E-state index contributed by atoms with van der Waals surface area (Å²) < 4.78 is 0. The highest BCUT2D eigenvalue weighted by atomic mass is 35.5. The van der Waals surface area contributed by atoms with Crippen LogP contribution >= 0.6 is 46.6 Å². The molecule has 1 aromatic carbocycles.